The topological polar surface area (TPSA) is 72.7 Å². The van der Waals surface area contributed by atoms with Crippen LogP contribution in [0.2, 0.25) is 5.02 Å². The average molecular weight is 420 g/mol. The van der Waals surface area contributed by atoms with E-state index in [-0.39, 0.29) is 11.2 Å². The zero-order chi connectivity index (χ0) is 18.8. The van der Waals surface area contributed by atoms with E-state index >= 15 is 0 Å². The van der Waals surface area contributed by atoms with Crippen molar-refractivity contribution in [3.63, 3.8) is 0 Å². The molecule has 140 valence electrons. The first-order valence-electron chi connectivity index (χ1n) is 8.65. The Kier molecular flexibility index (Phi) is 5.47. The van der Waals surface area contributed by atoms with Crippen LogP contribution >= 0.6 is 34.7 Å². The third-order valence-electron chi connectivity index (χ3n) is 4.19. The lowest BCUT2D eigenvalue weighted by Gasteiger charge is -2.13. The van der Waals surface area contributed by atoms with Crippen LogP contribution < -0.4 is 5.32 Å². The van der Waals surface area contributed by atoms with E-state index in [0.717, 1.165) is 30.2 Å². The van der Waals surface area contributed by atoms with Crippen molar-refractivity contribution in [2.75, 3.05) is 5.32 Å². The number of thiophene rings is 1. The summed E-state index contributed by atoms with van der Waals surface area (Å²) in [7, 11) is 0. The Balaban J connectivity index is 1.46. The Labute approximate surface area is 170 Å². The van der Waals surface area contributed by atoms with Crippen LogP contribution in [0.1, 0.15) is 36.5 Å². The van der Waals surface area contributed by atoms with E-state index in [9.17, 15) is 4.79 Å². The highest BCUT2D eigenvalue weighted by atomic mass is 35.5. The molecule has 3 heterocycles. The molecule has 0 saturated heterocycles. The van der Waals surface area contributed by atoms with E-state index in [1.165, 1.54) is 22.8 Å². The van der Waals surface area contributed by atoms with Gasteiger partial charge >= 0.3 is 0 Å². The maximum Gasteiger partial charge on any atom is 0.238 e. The molecule has 0 spiro atoms. The molecule has 1 aliphatic carbocycles. The van der Waals surface area contributed by atoms with Crippen LogP contribution in [0.5, 0.6) is 0 Å². The molecule has 4 rings (SSSR count). The van der Waals surface area contributed by atoms with Crippen molar-refractivity contribution in [3.8, 4) is 0 Å². The molecule has 9 heteroatoms. The van der Waals surface area contributed by atoms with E-state index in [1.54, 1.807) is 23.5 Å². The summed E-state index contributed by atoms with van der Waals surface area (Å²) in [6.07, 6.45) is 4.56. The molecule has 1 unspecified atom stereocenters. The normalized spacial score (nSPS) is 14.9. The third kappa shape index (κ3) is 4.51. The summed E-state index contributed by atoms with van der Waals surface area (Å²) in [6, 6.07) is 7.99. The molecule has 1 fully saturated rings. The average Bonchev–Trinajstić information content (AvgIpc) is 3.21. The lowest BCUT2D eigenvalue weighted by Crippen LogP contribution is -2.23. The van der Waals surface area contributed by atoms with Gasteiger partial charge in [0.05, 0.1) is 10.3 Å². The summed E-state index contributed by atoms with van der Waals surface area (Å²) in [5.41, 5.74) is 0. The van der Waals surface area contributed by atoms with Crippen LogP contribution in [0.25, 0.3) is 0 Å². The van der Waals surface area contributed by atoms with E-state index < -0.39 is 0 Å². The van der Waals surface area contributed by atoms with Gasteiger partial charge in [0.25, 0.3) is 0 Å². The molecule has 27 heavy (non-hydrogen) atoms. The zero-order valence-electron chi connectivity index (χ0n) is 14.6. The molecule has 1 N–H and O–H groups in total. The minimum absolute atomic E-state index is 0.125. The molecule has 3 aromatic heterocycles. The van der Waals surface area contributed by atoms with E-state index in [0.29, 0.717) is 16.9 Å². The van der Waals surface area contributed by atoms with Crippen LogP contribution in [0.4, 0.5) is 5.82 Å². The van der Waals surface area contributed by atoms with Gasteiger partial charge in [0, 0.05) is 23.5 Å². The lowest BCUT2D eigenvalue weighted by atomic mass is 10.3. The number of amides is 1. The predicted octanol–water partition coefficient (Wildman–Crippen LogP) is 4.43. The van der Waals surface area contributed by atoms with Crippen molar-refractivity contribution in [3.05, 3.63) is 51.6 Å². The van der Waals surface area contributed by atoms with E-state index in [4.69, 9.17) is 11.6 Å². The highest BCUT2D eigenvalue weighted by Crippen LogP contribution is 2.40. The molecule has 0 radical (unpaired) electrons. The summed E-state index contributed by atoms with van der Waals surface area (Å²) in [4.78, 5) is 17.9. The molecule has 1 saturated carbocycles. The third-order valence-corrected chi connectivity index (χ3v) is 6.35. The molecule has 0 aliphatic heterocycles. The Hall–Kier alpha value is -1.90. The Morgan fingerprint density at radius 1 is 1.41 bits per heavy atom. The number of anilines is 1. The second kappa shape index (κ2) is 8.00. The molecule has 1 atom stereocenters. The summed E-state index contributed by atoms with van der Waals surface area (Å²) >= 11 is 8.98. The molecular weight excluding hydrogens is 402 g/mol. The van der Waals surface area contributed by atoms with Crippen molar-refractivity contribution in [2.45, 2.75) is 42.6 Å². The minimum atomic E-state index is -0.321. The predicted molar refractivity (Wildman–Crippen MR) is 109 cm³/mol. The molecule has 1 aliphatic rings. The number of pyridine rings is 1. The molecule has 0 aromatic carbocycles. The highest BCUT2D eigenvalue weighted by Gasteiger charge is 2.31. The van der Waals surface area contributed by atoms with Crippen molar-refractivity contribution < 1.29 is 4.79 Å². The first-order valence-corrected chi connectivity index (χ1v) is 10.8. The van der Waals surface area contributed by atoms with Crippen molar-refractivity contribution in [2.24, 2.45) is 0 Å². The summed E-state index contributed by atoms with van der Waals surface area (Å²) in [5, 5.41) is 14.7. The fraction of sp³-hybridized carbons (Fsp3) is 0.333. The van der Waals surface area contributed by atoms with Crippen LogP contribution in [-0.4, -0.2) is 30.9 Å². The van der Waals surface area contributed by atoms with Gasteiger partial charge in [0.2, 0.25) is 5.91 Å². The monoisotopic (exact) mass is 419 g/mol. The first-order chi connectivity index (χ1) is 13.1. The summed E-state index contributed by atoms with van der Waals surface area (Å²) < 4.78 is 2.20. The first kappa shape index (κ1) is 18.5. The Bertz CT molecular complexity index is 922. The molecule has 1 amide bonds. The number of halogens is 1. The van der Waals surface area contributed by atoms with Crippen LogP contribution in [0.15, 0.2) is 41.0 Å². The number of aromatic nitrogens is 4. The van der Waals surface area contributed by atoms with Gasteiger partial charge in [0.15, 0.2) is 5.16 Å². The number of carbonyl (C=O) groups excluding carboxylic acids is 1. The molecule has 3 aromatic rings. The van der Waals surface area contributed by atoms with E-state index in [2.05, 4.69) is 36.5 Å². The van der Waals surface area contributed by atoms with Crippen molar-refractivity contribution >= 4 is 46.4 Å². The SMILES string of the molecule is CC(Sc1nnc(Cc2cccs2)n1C1CC1)C(=O)Nc1ccc(Cl)cn1. The molecular formula is C18H18ClN5OS2. The zero-order valence-corrected chi connectivity index (χ0v) is 17.0. The van der Waals surface area contributed by atoms with Crippen molar-refractivity contribution in [1.29, 1.82) is 0 Å². The lowest BCUT2D eigenvalue weighted by molar-refractivity contribution is -0.115. The summed E-state index contributed by atoms with van der Waals surface area (Å²) in [6.45, 7) is 1.86. The number of thioether (sulfide) groups is 1. The highest BCUT2D eigenvalue weighted by molar-refractivity contribution is 8.00. The summed E-state index contributed by atoms with van der Waals surface area (Å²) in [5.74, 6) is 1.33. The minimum Gasteiger partial charge on any atom is -0.310 e. The fourth-order valence-corrected chi connectivity index (χ4v) is 4.42. The Morgan fingerprint density at radius 2 is 2.26 bits per heavy atom. The molecule has 0 bridgehead atoms. The fourth-order valence-electron chi connectivity index (χ4n) is 2.67. The van der Waals surface area contributed by atoms with Gasteiger partial charge in [-0.2, -0.15) is 0 Å². The van der Waals surface area contributed by atoms with Gasteiger partial charge in [-0.25, -0.2) is 4.98 Å². The second-order valence-corrected chi connectivity index (χ2v) is 9.14. The second-order valence-electron chi connectivity index (χ2n) is 6.37. The van der Waals surface area contributed by atoms with Gasteiger partial charge in [-0.15, -0.1) is 21.5 Å². The largest absolute Gasteiger partial charge is 0.310 e. The van der Waals surface area contributed by atoms with Gasteiger partial charge in [-0.1, -0.05) is 29.4 Å². The van der Waals surface area contributed by atoms with Crippen LogP contribution in [-0.2, 0) is 11.2 Å². The number of nitrogens with one attached hydrogen (secondary N) is 1. The van der Waals surface area contributed by atoms with E-state index in [1.807, 2.05) is 13.0 Å². The van der Waals surface area contributed by atoms with Gasteiger partial charge in [0.1, 0.15) is 11.6 Å². The Morgan fingerprint density at radius 3 is 2.93 bits per heavy atom. The number of nitrogens with zero attached hydrogens (tertiary/aromatic N) is 4. The van der Waals surface area contributed by atoms with Gasteiger partial charge < -0.3 is 9.88 Å². The smallest absolute Gasteiger partial charge is 0.238 e. The maximum absolute atomic E-state index is 12.5. The van der Waals surface area contributed by atoms with Gasteiger partial charge in [-0.05, 0) is 43.3 Å². The number of hydrogen-bond acceptors (Lipinski definition) is 6. The molecule has 6 nitrogen and oxygen atoms in total. The standard InChI is InChI=1S/C18H18ClN5OS2/c1-11(17(25)21-15-7-4-12(19)10-20-15)27-18-23-22-16(24(18)13-5-6-13)9-14-3-2-8-26-14/h2-4,7-8,10-11,13H,5-6,9H2,1H3,(H,20,21,25). The number of carbonyl (C=O) groups is 1. The van der Waals surface area contributed by atoms with Gasteiger partial charge in [-0.3, -0.25) is 4.79 Å². The number of hydrogen-bond donors (Lipinski definition) is 1. The van der Waals surface area contributed by atoms with Crippen LogP contribution in [0.3, 0.4) is 0 Å². The number of rotatable bonds is 7. The quantitative estimate of drug-likeness (QED) is 0.573. The maximum atomic E-state index is 12.5. The van der Waals surface area contributed by atoms with Crippen molar-refractivity contribution in [1.82, 2.24) is 19.7 Å². The van der Waals surface area contributed by atoms with Crippen LogP contribution in [0, 0.1) is 0 Å².